The second kappa shape index (κ2) is 5.97. The Bertz CT molecular complexity index is 694. The van der Waals surface area contributed by atoms with Gasteiger partial charge in [-0.05, 0) is 25.1 Å². The first-order valence-corrected chi connectivity index (χ1v) is 6.45. The van der Waals surface area contributed by atoms with E-state index in [1.807, 2.05) is 0 Å². The number of hydrogen-bond donors (Lipinski definition) is 2. The SMILES string of the molecule is CC(Nc1ccc([N+](=O)[O-])c(Cl)c1)c1ccc(O)cc1F. The fourth-order valence-corrected chi connectivity index (χ4v) is 2.19. The normalized spacial score (nSPS) is 12.0. The first kappa shape index (κ1) is 15.1. The zero-order valence-electron chi connectivity index (χ0n) is 11.0. The first-order chi connectivity index (χ1) is 9.88. The van der Waals surface area contributed by atoms with Crippen molar-refractivity contribution in [1.82, 2.24) is 0 Å². The van der Waals surface area contributed by atoms with Crippen LogP contribution in [0.15, 0.2) is 36.4 Å². The largest absolute Gasteiger partial charge is 0.508 e. The number of nitro benzene ring substituents is 1. The number of hydrogen-bond acceptors (Lipinski definition) is 4. The lowest BCUT2D eigenvalue weighted by Gasteiger charge is -2.16. The van der Waals surface area contributed by atoms with Crippen molar-refractivity contribution in [1.29, 1.82) is 0 Å². The maximum Gasteiger partial charge on any atom is 0.288 e. The summed E-state index contributed by atoms with van der Waals surface area (Å²) in [5, 5.41) is 22.9. The lowest BCUT2D eigenvalue weighted by Crippen LogP contribution is -2.08. The van der Waals surface area contributed by atoms with Crippen LogP contribution in [0.4, 0.5) is 15.8 Å². The molecule has 0 amide bonds. The van der Waals surface area contributed by atoms with Crippen LogP contribution in [0.25, 0.3) is 0 Å². The molecule has 0 saturated heterocycles. The van der Waals surface area contributed by atoms with Gasteiger partial charge in [-0.3, -0.25) is 10.1 Å². The highest BCUT2D eigenvalue weighted by molar-refractivity contribution is 6.32. The van der Waals surface area contributed by atoms with E-state index in [2.05, 4.69) is 5.32 Å². The molecular weight excluding hydrogens is 299 g/mol. The Kier molecular flexibility index (Phi) is 4.28. The molecule has 0 spiro atoms. The van der Waals surface area contributed by atoms with Crippen LogP contribution in [-0.2, 0) is 0 Å². The van der Waals surface area contributed by atoms with Crippen molar-refractivity contribution < 1.29 is 14.4 Å². The Morgan fingerprint density at radius 3 is 2.62 bits per heavy atom. The molecule has 0 heterocycles. The van der Waals surface area contributed by atoms with Crippen molar-refractivity contribution in [3.05, 3.63) is 62.9 Å². The van der Waals surface area contributed by atoms with Crippen LogP contribution < -0.4 is 5.32 Å². The molecule has 1 unspecified atom stereocenters. The molecule has 0 saturated carbocycles. The average Bonchev–Trinajstić information content (AvgIpc) is 2.37. The first-order valence-electron chi connectivity index (χ1n) is 6.07. The molecule has 2 aromatic carbocycles. The van der Waals surface area contributed by atoms with Crippen molar-refractivity contribution in [2.75, 3.05) is 5.32 Å². The third kappa shape index (κ3) is 3.41. The van der Waals surface area contributed by atoms with Gasteiger partial charge in [-0.2, -0.15) is 0 Å². The predicted octanol–water partition coefficient (Wildman–Crippen LogP) is 4.27. The van der Waals surface area contributed by atoms with Crippen LogP contribution in [0.2, 0.25) is 5.02 Å². The Morgan fingerprint density at radius 1 is 1.33 bits per heavy atom. The maximum absolute atomic E-state index is 13.7. The predicted molar refractivity (Wildman–Crippen MR) is 78.2 cm³/mol. The van der Waals surface area contributed by atoms with Gasteiger partial charge in [-0.15, -0.1) is 0 Å². The minimum atomic E-state index is -0.574. The van der Waals surface area contributed by atoms with E-state index in [1.54, 1.807) is 6.92 Å². The van der Waals surface area contributed by atoms with Gasteiger partial charge in [0.1, 0.15) is 16.6 Å². The third-order valence-electron chi connectivity index (χ3n) is 2.98. The van der Waals surface area contributed by atoms with E-state index in [9.17, 15) is 19.6 Å². The fourth-order valence-electron chi connectivity index (χ4n) is 1.94. The minimum Gasteiger partial charge on any atom is -0.508 e. The molecule has 0 fully saturated rings. The molecule has 0 aromatic heterocycles. The Morgan fingerprint density at radius 2 is 2.05 bits per heavy atom. The number of nitrogens with zero attached hydrogens (tertiary/aromatic N) is 1. The van der Waals surface area contributed by atoms with Crippen LogP contribution >= 0.6 is 11.6 Å². The number of aromatic hydroxyl groups is 1. The van der Waals surface area contributed by atoms with E-state index in [-0.39, 0.29) is 16.5 Å². The minimum absolute atomic E-state index is 0.00313. The molecule has 2 rings (SSSR count). The number of nitro groups is 1. The molecule has 1 atom stereocenters. The van der Waals surface area contributed by atoms with Gasteiger partial charge in [-0.1, -0.05) is 17.7 Å². The number of benzene rings is 2. The van der Waals surface area contributed by atoms with Crippen LogP contribution in [0.3, 0.4) is 0 Å². The van der Waals surface area contributed by atoms with Crippen molar-refractivity contribution in [3.63, 3.8) is 0 Å². The number of rotatable bonds is 4. The summed E-state index contributed by atoms with van der Waals surface area (Å²) < 4.78 is 13.7. The molecule has 0 aliphatic heterocycles. The van der Waals surface area contributed by atoms with E-state index >= 15 is 0 Å². The molecule has 0 aliphatic rings. The van der Waals surface area contributed by atoms with Crippen LogP contribution in [0, 0.1) is 15.9 Å². The highest BCUT2D eigenvalue weighted by Crippen LogP contribution is 2.30. The van der Waals surface area contributed by atoms with Crippen molar-refractivity contribution in [2.24, 2.45) is 0 Å². The summed E-state index contributed by atoms with van der Waals surface area (Å²) in [6.07, 6.45) is 0. The molecule has 0 radical (unpaired) electrons. The van der Waals surface area contributed by atoms with Crippen molar-refractivity contribution in [3.8, 4) is 5.75 Å². The van der Waals surface area contributed by atoms with E-state index in [4.69, 9.17) is 11.6 Å². The van der Waals surface area contributed by atoms with Gasteiger partial charge >= 0.3 is 0 Å². The molecular formula is C14H12ClFN2O3. The fraction of sp³-hybridized carbons (Fsp3) is 0.143. The van der Waals surface area contributed by atoms with Gasteiger partial charge in [0.05, 0.1) is 11.0 Å². The zero-order valence-corrected chi connectivity index (χ0v) is 11.8. The zero-order chi connectivity index (χ0) is 15.6. The van der Waals surface area contributed by atoms with E-state index in [1.165, 1.54) is 30.3 Å². The van der Waals surface area contributed by atoms with Crippen molar-refractivity contribution >= 4 is 23.0 Å². The second-order valence-electron chi connectivity index (χ2n) is 4.50. The summed E-state index contributed by atoms with van der Waals surface area (Å²) >= 11 is 5.82. The van der Waals surface area contributed by atoms with Gasteiger partial charge < -0.3 is 10.4 Å². The molecule has 2 N–H and O–H groups in total. The smallest absolute Gasteiger partial charge is 0.288 e. The van der Waals surface area contributed by atoms with Crippen LogP contribution in [0.5, 0.6) is 5.75 Å². The number of phenolic OH excluding ortho intramolecular Hbond substituents is 1. The molecule has 110 valence electrons. The highest BCUT2D eigenvalue weighted by atomic mass is 35.5. The summed E-state index contributed by atoms with van der Waals surface area (Å²) in [6, 6.07) is 7.67. The maximum atomic E-state index is 13.7. The van der Waals surface area contributed by atoms with Crippen molar-refractivity contribution in [2.45, 2.75) is 13.0 Å². The van der Waals surface area contributed by atoms with Gasteiger partial charge in [0.2, 0.25) is 0 Å². The Labute approximate surface area is 125 Å². The Balaban J connectivity index is 2.21. The summed E-state index contributed by atoms with van der Waals surface area (Å²) in [4.78, 5) is 10.1. The van der Waals surface area contributed by atoms with E-state index < -0.39 is 16.8 Å². The monoisotopic (exact) mass is 310 g/mol. The Hall–Kier alpha value is -2.34. The van der Waals surface area contributed by atoms with E-state index in [0.29, 0.717) is 11.3 Å². The topological polar surface area (TPSA) is 75.4 Å². The summed E-state index contributed by atoms with van der Waals surface area (Å²) in [7, 11) is 0. The molecule has 7 heteroatoms. The second-order valence-corrected chi connectivity index (χ2v) is 4.90. The molecule has 5 nitrogen and oxygen atoms in total. The number of anilines is 1. The van der Waals surface area contributed by atoms with E-state index in [0.717, 1.165) is 6.07 Å². The average molecular weight is 311 g/mol. The number of nitrogens with one attached hydrogen (secondary N) is 1. The third-order valence-corrected chi connectivity index (χ3v) is 3.28. The summed E-state index contributed by atoms with van der Waals surface area (Å²) in [5.41, 5.74) is 0.707. The van der Waals surface area contributed by atoms with Crippen LogP contribution in [0.1, 0.15) is 18.5 Å². The summed E-state index contributed by atoms with van der Waals surface area (Å²) in [6.45, 7) is 1.73. The van der Waals surface area contributed by atoms with Gasteiger partial charge in [0.25, 0.3) is 5.69 Å². The molecule has 0 bridgehead atoms. The van der Waals surface area contributed by atoms with Gasteiger partial charge in [0, 0.05) is 23.4 Å². The standard InChI is InChI=1S/C14H12ClFN2O3/c1-8(11-4-3-10(19)7-13(11)16)17-9-2-5-14(18(20)21)12(15)6-9/h2-8,17,19H,1H3. The summed E-state index contributed by atoms with van der Waals surface area (Å²) in [5.74, 6) is -0.690. The number of halogens is 2. The number of phenols is 1. The van der Waals surface area contributed by atoms with Gasteiger partial charge in [0.15, 0.2) is 0 Å². The van der Waals surface area contributed by atoms with Crippen LogP contribution in [-0.4, -0.2) is 10.0 Å². The highest BCUT2D eigenvalue weighted by Gasteiger charge is 2.15. The lowest BCUT2D eigenvalue weighted by molar-refractivity contribution is -0.384. The quantitative estimate of drug-likeness (QED) is 0.653. The molecule has 21 heavy (non-hydrogen) atoms. The molecule has 0 aliphatic carbocycles. The van der Waals surface area contributed by atoms with Gasteiger partial charge in [-0.25, -0.2) is 4.39 Å². The lowest BCUT2D eigenvalue weighted by atomic mass is 10.1. The molecule has 2 aromatic rings.